The predicted octanol–water partition coefficient (Wildman–Crippen LogP) is 1.83. The third-order valence-corrected chi connectivity index (χ3v) is 4.72. The van der Waals surface area contributed by atoms with Crippen molar-refractivity contribution in [2.45, 2.75) is 31.8 Å². The molecule has 0 spiro atoms. The van der Waals surface area contributed by atoms with E-state index >= 15 is 0 Å². The van der Waals surface area contributed by atoms with Crippen LogP contribution in [0.15, 0.2) is 11.6 Å². The smallest absolute Gasteiger partial charge is 0.0931 e. The number of hydrogen-bond donors (Lipinski definition) is 1. The summed E-state index contributed by atoms with van der Waals surface area (Å²) in [7, 11) is 0. The Balaban J connectivity index is 1.80. The number of thiazole rings is 1. The molecule has 1 saturated heterocycles. The van der Waals surface area contributed by atoms with Crippen LogP contribution in [0.2, 0.25) is 0 Å². The molecule has 2 aliphatic rings. The van der Waals surface area contributed by atoms with Gasteiger partial charge in [-0.25, -0.2) is 4.98 Å². The van der Waals surface area contributed by atoms with Gasteiger partial charge in [0.05, 0.1) is 11.1 Å². The summed E-state index contributed by atoms with van der Waals surface area (Å²) in [6.45, 7) is 1.61. The van der Waals surface area contributed by atoms with Gasteiger partial charge in [0.2, 0.25) is 0 Å². The van der Waals surface area contributed by atoms with E-state index in [1.165, 1.54) is 17.8 Å². The Hall–Kier alpha value is -0.450. The predicted molar refractivity (Wildman–Crippen MR) is 64.4 cm³/mol. The molecular weight excluding hydrogens is 220 g/mol. The molecular formula is C12H18N2OS. The van der Waals surface area contributed by atoms with Crippen LogP contribution in [0.4, 0.5) is 0 Å². The standard InChI is InChI=1S/C12H18N2OS/c13-8-12(7-10-14-4-6-16-10)3-5-15-11(12)9-1-2-9/h4,6,9,11H,1-3,5,7-8,13H2. The Kier molecular flexibility index (Phi) is 2.73. The van der Waals surface area contributed by atoms with Crippen LogP contribution in [-0.2, 0) is 11.2 Å². The summed E-state index contributed by atoms with van der Waals surface area (Å²) in [4.78, 5) is 4.39. The minimum absolute atomic E-state index is 0.166. The number of nitrogens with zero attached hydrogens (tertiary/aromatic N) is 1. The molecule has 2 N–H and O–H groups in total. The van der Waals surface area contributed by atoms with Gasteiger partial charge in [-0.05, 0) is 25.2 Å². The summed E-state index contributed by atoms with van der Waals surface area (Å²) >= 11 is 1.74. The molecule has 2 heterocycles. The van der Waals surface area contributed by atoms with Gasteiger partial charge in [-0.15, -0.1) is 11.3 Å². The van der Waals surface area contributed by atoms with Gasteiger partial charge in [0.15, 0.2) is 0 Å². The first kappa shape index (κ1) is 10.7. The molecule has 1 aliphatic carbocycles. The van der Waals surface area contributed by atoms with Gasteiger partial charge < -0.3 is 10.5 Å². The number of hydrogen-bond acceptors (Lipinski definition) is 4. The average molecular weight is 238 g/mol. The first-order valence-corrected chi connectivity index (χ1v) is 6.92. The second kappa shape index (κ2) is 4.09. The molecule has 0 amide bonds. The Bertz CT molecular complexity index is 350. The van der Waals surface area contributed by atoms with E-state index in [1.54, 1.807) is 11.3 Å². The molecule has 16 heavy (non-hydrogen) atoms. The van der Waals surface area contributed by atoms with Crippen molar-refractivity contribution in [1.82, 2.24) is 4.98 Å². The molecule has 2 fully saturated rings. The van der Waals surface area contributed by atoms with E-state index in [9.17, 15) is 0 Å². The lowest BCUT2D eigenvalue weighted by Gasteiger charge is -2.32. The van der Waals surface area contributed by atoms with Crippen molar-refractivity contribution in [2.75, 3.05) is 13.2 Å². The zero-order valence-corrected chi connectivity index (χ0v) is 10.2. The number of nitrogens with two attached hydrogens (primary N) is 1. The first-order chi connectivity index (χ1) is 7.84. The third-order valence-electron chi connectivity index (χ3n) is 3.94. The van der Waals surface area contributed by atoms with E-state index in [2.05, 4.69) is 4.98 Å². The van der Waals surface area contributed by atoms with Crippen molar-refractivity contribution in [3.8, 4) is 0 Å². The van der Waals surface area contributed by atoms with Crippen LogP contribution < -0.4 is 5.73 Å². The maximum atomic E-state index is 6.04. The normalized spacial score (nSPS) is 34.4. The van der Waals surface area contributed by atoms with E-state index in [0.29, 0.717) is 6.10 Å². The molecule has 1 aromatic rings. The largest absolute Gasteiger partial charge is 0.377 e. The van der Waals surface area contributed by atoms with Crippen molar-refractivity contribution in [1.29, 1.82) is 0 Å². The number of aromatic nitrogens is 1. The molecule has 4 heteroatoms. The van der Waals surface area contributed by atoms with Crippen LogP contribution in [0, 0.1) is 11.3 Å². The Morgan fingerprint density at radius 1 is 1.56 bits per heavy atom. The second-order valence-corrected chi connectivity index (χ2v) is 6.03. The molecule has 2 atom stereocenters. The highest BCUT2D eigenvalue weighted by atomic mass is 32.1. The van der Waals surface area contributed by atoms with Gasteiger partial charge in [0, 0.05) is 36.6 Å². The highest BCUT2D eigenvalue weighted by Gasteiger charge is 2.50. The number of rotatable bonds is 4. The molecule has 1 aliphatic heterocycles. The summed E-state index contributed by atoms with van der Waals surface area (Å²) in [5.41, 5.74) is 6.20. The molecule has 3 nitrogen and oxygen atoms in total. The summed E-state index contributed by atoms with van der Waals surface area (Å²) in [5.74, 6) is 0.769. The highest BCUT2D eigenvalue weighted by Crippen LogP contribution is 2.49. The Morgan fingerprint density at radius 2 is 2.44 bits per heavy atom. The maximum Gasteiger partial charge on any atom is 0.0931 e. The van der Waals surface area contributed by atoms with Gasteiger partial charge in [-0.2, -0.15) is 0 Å². The molecule has 1 saturated carbocycles. The van der Waals surface area contributed by atoms with Crippen LogP contribution >= 0.6 is 11.3 Å². The fourth-order valence-electron chi connectivity index (χ4n) is 2.86. The van der Waals surface area contributed by atoms with Gasteiger partial charge in [-0.3, -0.25) is 0 Å². The van der Waals surface area contributed by atoms with Crippen LogP contribution in [0.25, 0.3) is 0 Å². The average Bonchev–Trinajstić information content (AvgIpc) is 2.86. The quantitative estimate of drug-likeness (QED) is 0.870. The zero-order chi connectivity index (χ0) is 11.0. The summed E-state index contributed by atoms with van der Waals surface area (Å²) in [6, 6.07) is 0. The lowest BCUT2D eigenvalue weighted by molar-refractivity contribution is 0.0345. The Morgan fingerprint density at radius 3 is 3.06 bits per heavy atom. The minimum atomic E-state index is 0.166. The van der Waals surface area contributed by atoms with Gasteiger partial charge in [-0.1, -0.05) is 0 Å². The van der Waals surface area contributed by atoms with Crippen molar-refractivity contribution in [2.24, 2.45) is 17.1 Å². The lowest BCUT2D eigenvalue weighted by Crippen LogP contribution is -2.41. The molecule has 88 valence electrons. The molecule has 3 rings (SSSR count). The fourth-order valence-corrected chi connectivity index (χ4v) is 3.64. The van der Waals surface area contributed by atoms with E-state index in [1.807, 2.05) is 11.6 Å². The zero-order valence-electron chi connectivity index (χ0n) is 9.39. The number of ether oxygens (including phenoxy) is 1. The summed E-state index contributed by atoms with van der Waals surface area (Å²) in [6.07, 6.45) is 7.02. The van der Waals surface area contributed by atoms with Crippen LogP contribution in [0.3, 0.4) is 0 Å². The maximum absolute atomic E-state index is 6.04. The molecule has 1 aromatic heterocycles. The van der Waals surface area contributed by atoms with Gasteiger partial charge in [0.25, 0.3) is 0 Å². The highest BCUT2D eigenvalue weighted by molar-refractivity contribution is 7.09. The van der Waals surface area contributed by atoms with Gasteiger partial charge in [0.1, 0.15) is 0 Å². The SMILES string of the molecule is NCC1(Cc2nccs2)CCOC1C1CC1. The molecule has 0 aromatic carbocycles. The molecule has 0 radical (unpaired) electrons. The van der Waals surface area contributed by atoms with E-state index in [0.717, 1.165) is 31.9 Å². The first-order valence-electron chi connectivity index (χ1n) is 6.04. The van der Waals surface area contributed by atoms with Crippen molar-refractivity contribution < 1.29 is 4.74 Å². The van der Waals surface area contributed by atoms with E-state index in [4.69, 9.17) is 10.5 Å². The van der Waals surface area contributed by atoms with Gasteiger partial charge >= 0.3 is 0 Å². The van der Waals surface area contributed by atoms with Crippen LogP contribution in [0.5, 0.6) is 0 Å². The monoisotopic (exact) mass is 238 g/mol. The molecule has 0 bridgehead atoms. The van der Waals surface area contributed by atoms with Crippen molar-refractivity contribution in [3.63, 3.8) is 0 Å². The van der Waals surface area contributed by atoms with E-state index in [-0.39, 0.29) is 5.41 Å². The van der Waals surface area contributed by atoms with Crippen LogP contribution in [0.1, 0.15) is 24.3 Å². The summed E-state index contributed by atoms with van der Waals surface area (Å²) in [5, 5.41) is 3.25. The topological polar surface area (TPSA) is 48.1 Å². The third kappa shape index (κ3) is 1.79. The van der Waals surface area contributed by atoms with Crippen molar-refractivity contribution in [3.05, 3.63) is 16.6 Å². The lowest BCUT2D eigenvalue weighted by atomic mass is 9.76. The Labute approximate surface area is 100 Å². The minimum Gasteiger partial charge on any atom is -0.377 e. The second-order valence-electron chi connectivity index (χ2n) is 5.05. The fraction of sp³-hybridized carbons (Fsp3) is 0.750. The van der Waals surface area contributed by atoms with Crippen molar-refractivity contribution >= 4 is 11.3 Å². The summed E-state index contributed by atoms with van der Waals surface area (Å²) < 4.78 is 5.93. The van der Waals surface area contributed by atoms with Crippen LogP contribution in [-0.4, -0.2) is 24.2 Å². The van der Waals surface area contributed by atoms with E-state index < -0.39 is 0 Å². The molecule has 2 unspecified atom stereocenters.